The molecule has 0 aliphatic rings. The summed E-state index contributed by atoms with van der Waals surface area (Å²) in [6.45, 7) is 7.55. The van der Waals surface area contributed by atoms with E-state index in [0.29, 0.717) is 5.92 Å². The molecule has 0 saturated heterocycles. The van der Waals surface area contributed by atoms with Crippen molar-refractivity contribution in [3.63, 3.8) is 0 Å². The van der Waals surface area contributed by atoms with Crippen LogP contribution in [0, 0.1) is 0 Å². The van der Waals surface area contributed by atoms with Crippen molar-refractivity contribution in [1.29, 1.82) is 0 Å². The van der Waals surface area contributed by atoms with E-state index in [1.165, 1.54) is 5.56 Å². The molecule has 0 radical (unpaired) electrons. The Morgan fingerprint density at radius 2 is 1.53 bits per heavy atom. The average molecular weight is 253 g/mol. The molecule has 1 rings (SSSR count). The summed E-state index contributed by atoms with van der Waals surface area (Å²) in [7, 11) is -2.62. The van der Waals surface area contributed by atoms with E-state index in [-0.39, 0.29) is 0 Å². The first-order chi connectivity index (χ1) is 8.11. The fourth-order valence-electron chi connectivity index (χ4n) is 1.50. The quantitative estimate of drug-likeness (QED) is 0.625. The lowest BCUT2D eigenvalue weighted by atomic mass is 9.93. The number of allylic oxidation sites excluding steroid dienone is 2. The van der Waals surface area contributed by atoms with Crippen LogP contribution in [0.5, 0.6) is 0 Å². The monoisotopic (exact) mass is 253 g/mol. The number of hydrogen-bond acceptors (Lipinski definition) is 2. The van der Waals surface area contributed by atoms with Crippen molar-refractivity contribution in [2.75, 3.05) is 0 Å². The molecule has 0 aromatic heterocycles. The summed E-state index contributed by atoms with van der Waals surface area (Å²) in [6.07, 6.45) is 5.99. The van der Waals surface area contributed by atoms with Crippen LogP contribution in [0.2, 0.25) is 0 Å². The third-order valence-corrected chi connectivity index (χ3v) is 2.17. The minimum absolute atomic E-state index is 0.552. The van der Waals surface area contributed by atoms with Crippen LogP contribution in [0.1, 0.15) is 24.3 Å². The maximum Gasteiger partial charge on any atom is 0.198 e. The van der Waals surface area contributed by atoms with Gasteiger partial charge in [0.15, 0.2) is 10.9 Å². The van der Waals surface area contributed by atoms with Crippen LogP contribution in [0.15, 0.2) is 55.6 Å². The first kappa shape index (κ1) is 15.6. The van der Waals surface area contributed by atoms with Gasteiger partial charge in [-0.15, -0.1) is 13.2 Å². The molecule has 0 spiro atoms. The van der Waals surface area contributed by atoms with E-state index in [9.17, 15) is 0 Å². The van der Waals surface area contributed by atoms with Crippen LogP contribution in [0.3, 0.4) is 0 Å². The Kier molecular flexibility index (Phi) is 9.01. The van der Waals surface area contributed by atoms with Crippen LogP contribution in [-0.4, -0.2) is 8.42 Å². The Morgan fingerprint density at radius 3 is 1.88 bits per heavy atom. The van der Waals surface area contributed by atoms with Crippen LogP contribution in [-0.2, 0) is 10.9 Å². The van der Waals surface area contributed by atoms with E-state index in [2.05, 4.69) is 42.6 Å². The maximum atomic E-state index is 8.81. The van der Waals surface area contributed by atoms with Crippen LogP contribution in [0.4, 0.5) is 0 Å². The lowest BCUT2D eigenvalue weighted by Crippen LogP contribution is -1.95. The normalized spacial score (nSPS) is 9.59. The van der Waals surface area contributed by atoms with E-state index in [0.717, 1.165) is 12.8 Å². The predicted octanol–water partition coefficient (Wildman–Crippen LogP) is 2.39. The standard InChI is InChI=1S/C13H16.H3NO2S/c1-3-8-12(9-4-2)13-10-6-5-7-11-13;1-4(2)3/h3-7,10-12H,1-2,8-9H2;4H,(H2,1,2,3). The number of rotatable bonds is 5. The van der Waals surface area contributed by atoms with E-state index in [1.54, 1.807) is 0 Å². The summed E-state index contributed by atoms with van der Waals surface area (Å²) in [5.74, 6) is 0.552. The highest BCUT2D eigenvalue weighted by Crippen LogP contribution is 2.23. The molecule has 94 valence electrons. The first-order valence-electron chi connectivity index (χ1n) is 5.27. The lowest BCUT2D eigenvalue weighted by molar-refractivity contribution is 0.616. The van der Waals surface area contributed by atoms with E-state index in [4.69, 9.17) is 8.42 Å². The fourth-order valence-corrected chi connectivity index (χ4v) is 1.50. The zero-order valence-corrected chi connectivity index (χ0v) is 10.7. The molecule has 1 aromatic carbocycles. The van der Waals surface area contributed by atoms with Gasteiger partial charge in [0.05, 0.1) is 0 Å². The molecule has 0 aliphatic carbocycles. The van der Waals surface area contributed by atoms with Crippen molar-refractivity contribution >= 4 is 10.9 Å². The summed E-state index contributed by atoms with van der Waals surface area (Å²) in [5, 5.41) is 4.06. The molecule has 0 saturated carbocycles. The van der Waals surface area contributed by atoms with Gasteiger partial charge < -0.3 is 0 Å². The second kappa shape index (κ2) is 9.81. The Hall–Kier alpha value is -1.39. The Morgan fingerprint density at radius 1 is 1.12 bits per heavy atom. The van der Waals surface area contributed by atoms with Crippen LogP contribution in [0.25, 0.3) is 0 Å². The zero-order chi connectivity index (χ0) is 13.1. The Labute approximate surface area is 105 Å². The van der Waals surface area contributed by atoms with E-state index >= 15 is 0 Å². The SMILES string of the molecule is C=CCC(CC=C)c1ccccc1.N[SH](=O)=O. The highest BCUT2D eigenvalue weighted by molar-refractivity contribution is 7.69. The van der Waals surface area contributed by atoms with Crippen molar-refractivity contribution < 1.29 is 8.42 Å². The molecule has 0 aliphatic heterocycles. The number of hydrogen-bond donors (Lipinski definition) is 2. The topological polar surface area (TPSA) is 60.2 Å². The van der Waals surface area contributed by atoms with Gasteiger partial charge in [-0.25, -0.2) is 13.6 Å². The van der Waals surface area contributed by atoms with Crippen molar-refractivity contribution in [3.8, 4) is 0 Å². The summed E-state index contributed by atoms with van der Waals surface area (Å²) in [6, 6.07) is 10.5. The van der Waals surface area contributed by atoms with Gasteiger partial charge in [0.2, 0.25) is 0 Å². The molecule has 1 aromatic rings. The van der Waals surface area contributed by atoms with Gasteiger partial charge in [0.25, 0.3) is 0 Å². The number of thiol groups is 1. The number of benzene rings is 1. The lowest BCUT2D eigenvalue weighted by Gasteiger charge is -2.12. The second-order valence-electron chi connectivity index (χ2n) is 3.44. The largest absolute Gasteiger partial charge is 0.231 e. The minimum Gasteiger partial charge on any atom is -0.231 e. The molecule has 0 fully saturated rings. The van der Waals surface area contributed by atoms with E-state index in [1.807, 2.05) is 18.2 Å². The van der Waals surface area contributed by atoms with Gasteiger partial charge in [-0.1, -0.05) is 42.5 Å². The highest BCUT2D eigenvalue weighted by Gasteiger charge is 2.06. The van der Waals surface area contributed by atoms with Crippen LogP contribution < -0.4 is 5.14 Å². The van der Waals surface area contributed by atoms with Crippen molar-refractivity contribution in [2.24, 2.45) is 5.14 Å². The third-order valence-electron chi connectivity index (χ3n) is 2.17. The molecule has 0 atom stereocenters. The average Bonchev–Trinajstić information content (AvgIpc) is 2.29. The summed E-state index contributed by atoms with van der Waals surface area (Å²) in [5.41, 5.74) is 1.38. The highest BCUT2D eigenvalue weighted by atomic mass is 32.2. The molecule has 0 unspecified atom stereocenters. The van der Waals surface area contributed by atoms with Crippen LogP contribution >= 0.6 is 0 Å². The fraction of sp³-hybridized carbons (Fsp3) is 0.231. The molecule has 2 N–H and O–H groups in total. The Bertz CT molecular complexity index is 381. The molecule has 3 nitrogen and oxygen atoms in total. The van der Waals surface area contributed by atoms with Gasteiger partial charge in [-0.05, 0) is 24.3 Å². The van der Waals surface area contributed by atoms with Gasteiger partial charge in [0.1, 0.15) is 0 Å². The van der Waals surface area contributed by atoms with E-state index < -0.39 is 10.9 Å². The van der Waals surface area contributed by atoms with Gasteiger partial charge in [-0.3, -0.25) is 0 Å². The van der Waals surface area contributed by atoms with Crippen molar-refractivity contribution in [3.05, 3.63) is 61.2 Å². The maximum absolute atomic E-state index is 8.81. The van der Waals surface area contributed by atoms with Gasteiger partial charge >= 0.3 is 0 Å². The molecule has 0 bridgehead atoms. The first-order valence-corrected chi connectivity index (χ1v) is 6.52. The summed E-state index contributed by atoms with van der Waals surface area (Å²) in [4.78, 5) is 0. The van der Waals surface area contributed by atoms with Crippen molar-refractivity contribution in [2.45, 2.75) is 18.8 Å². The van der Waals surface area contributed by atoms with Gasteiger partial charge in [-0.2, -0.15) is 0 Å². The van der Waals surface area contributed by atoms with Gasteiger partial charge in [0, 0.05) is 0 Å². The predicted molar refractivity (Wildman–Crippen MR) is 73.3 cm³/mol. The smallest absolute Gasteiger partial charge is 0.198 e. The molecular formula is C13H19NO2S. The second-order valence-corrected chi connectivity index (χ2v) is 4.01. The minimum atomic E-state index is -2.62. The Balaban J connectivity index is 0.000000557. The molecular weight excluding hydrogens is 234 g/mol. The molecule has 0 amide bonds. The summed E-state index contributed by atoms with van der Waals surface area (Å²) >= 11 is 0. The third kappa shape index (κ3) is 8.42. The zero-order valence-electron chi connectivity index (χ0n) is 9.79. The summed E-state index contributed by atoms with van der Waals surface area (Å²) < 4.78 is 17.6. The molecule has 4 heteroatoms. The number of nitrogens with two attached hydrogens (primary N) is 1. The molecule has 0 heterocycles. The van der Waals surface area contributed by atoms with Crippen molar-refractivity contribution in [1.82, 2.24) is 0 Å². The molecule has 17 heavy (non-hydrogen) atoms.